The Morgan fingerprint density at radius 1 is 1.48 bits per heavy atom. The molecule has 3 rings (SSSR count). The van der Waals surface area contributed by atoms with Gasteiger partial charge in [-0.3, -0.25) is 0 Å². The van der Waals surface area contributed by atoms with Crippen molar-refractivity contribution in [3.63, 3.8) is 0 Å². The third-order valence-corrected chi connectivity index (χ3v) is 5.01. The van der Waals surface area contributed by atoms with Crippen molar-refractivity contribution in [1.29, 1.82) is 0 Å². The van der Waals surface area contributed by atoms with Gasteiger partial charge >= 0.3 is 0 Å². The van der Waals surface area contributed by atoms with Gasteiger partial charge in [0, 0.05) is 43.4 Å². The van der Waals surface area contributed by atoms with Crippen molar-refractivity contribution in [2.24, 2.45) is 0 Å². The minimum Gasteiger partial charge on any atom is -0.379 e. The molecule has 2 aliphatic heterocycles. The Hall–Kier alpha value is -0.690. The van der Waals surface area contributed by atoms with Crippen LogP contribution >= 0.6 is 11.3 Å². The summed E-state index contributed by atoms with van der Waals surface area (Å²) in [5, 5.41) is 6.90. The quantitative estimate of drug-likeness (QED) is 0.869. The summed E-state index contributed by atoms with van der Waals surface area (Å²) in [6.45, 7) is 6.79. The zero-order valence-corrected chi connectivity index (χ0v) is 13.5. The lowest BCUT2D eigenvalue weighted by atomic mass is 10.0. The van der Waals surface area contributed by atoms with Crippen molar-refractivity contribution in [2.75, 3.05) is 37.8 Å². The molecule has 0 spiro atoms. The molecule has 0 aliphatic carbocycles. The summed E-state index contributed by atoms with van der Waals surface area (Å²) in [5.74, 6) is 0. The van der Waals surface area contributed by atoms with E-state index >= 15 is 0 Å². The monoisotopic (exact) mass is 311 g/mol. The van der Waals surface area contributed by atoms with E-state index in [2.05, 4.69) is 22.1 Å². The van der Waals surface area contributed by atoms with Crippen LogP contribution in [0.1, 0.15) is 26.2 Å². The molecule has 1 aromatic rings. The second-order valence-corrected chi connectivity index (χ2v) is 6.84. The van der Waals surface area contributed by atoms with Gasteiger partial charge in [-0.25, -0.2) is 4.98 Å². The number of piperidine rings is 1. The van der Waals surface area contributed by atoms with Crippen LogP contribution in [0, 0.1) is 0 Å². The molecule has 1 N–H and O–H groups in total. The molecule has 0 bridgehead atoms. The summed E-state index contributed by atoms with van der Waals surface area (Å²) in [5.41, 5.74) is 0. The molecule has 5 nitrogen and oxygen atoms in total. The fourth-order valence-electron chi connectivity index (χ4n) is 2.98. The second-order valence-electron chi connectivity index (χ2n) is 5.96. The summed E-state index contributed by atoms with van der Waals surface area (Å²) in [4.78, 5) is 6.78. The maximum Gasteiger partial charge on any atom is 0.185 e. The first-order valence-corrected chi connectivity index (χ1v) is 8.79. The Balaban J connectivity index is 1.34. The molecule has 2 saturated heterocycles. The lowest BCUT2D eigenvalue weighted by molar-refractivity contribution is 0.0304. The molecule has 118 valence electrons. The molecule has 0 aromatic carbocycles. The van der Waals surface area contributed by atoms with Crippen LogP contribution in [0.15, 0.2) is 11.6 Å². The van der Waals surface area contributed by atoms with Gasteiger partial charge in [0.15, 0.2) is 5.13 Å². The number of hydrogen-bond acceptors (Lipinski definition) is 6. The highest BCUT2D eigenvalue weighted by Gasteiger charge is 2.22. The molecular formula is C15H25N3O2S. The van der Waals surface area contributed by atoms with Crippen LogP contribution < -0.4 is 10.2 Å². The molecule has 0 radical (unpaired) electrons. The van der Waals surface area contributed by atoms with E-state index in [1.807, 2.05) is 11.6 Å². The minimum atomic E-state index is 0.306. The average molecular weight is 311 g/mol. The molecule has 0 unspecified atom stereocenters. The van der Waals surface area contributed by atoms with Crippen LogP contribution in [-0.4, -0.2) is 56.1 Å². The van der Waals surface area contributed by atoms with Gasteiger partial charge in [-0.15, -0.1) is 11.3 Å². The maximum absolute atomic E-state index is 5.88. The minimum absolute atomic E-state index is 0.306. The van der Waals surface area contributed by atoms with E-state index in [1.54, 1.807) is 11.3 Å². The third-order valence-electron chi connectivity index (χ3n) is 4.17. The molecule has 0 amide bonds. The number of anilines is 1. The standard InChI is InChI=1S/C15H25N3O2S/c1-12(10-20-14-4-8-19-11-14)17-13-2-6-18(7-3-13)15-16-5-9-21-15/h5,9,12-14,17H,2-4,6-8,10-11H2,1H3/t12-,14-/m1/s1. The van der Waals surface area contributed by atoms with Crippen LogP contribution in [0.2, 0.25) is 0 Å². The zero-order valence-electron chi connectivity index (χ0n) is 12.7. The van der Waals surface area contributed by atoms with Crippen molar-refractivity contribution in [3.8, 4) is 0 Å². The van der Waals surface area contributed by atoms with Gasteiger partial charge < -0.3 is 19.7 Å². The normalized spacial score (nSPS) is 25.4. The Morgan fingerprint density at radius 3 is 3.00 bits per heavy atom. The van der Waals surface area contributed by atoms with Crippen LogP contribution in [0.25, 0.3) is 0 Å². The van der Waals surface area contributed by atoms with Gasteiger partial charge in [0.25, 0.3) is 0 Å². The zero-order chi connectivity index (χ0) is 14.5. The number of rotatable bonds is 6. The van der Waals surface area contributed by atoms with Gasteiger partial charge in [0.1, 0.15) is 0 Å². The Kier molecular flexibility index (Phi) is 5.46. The lowest BCUT2D eigenvalue weighted by Crippen LogP contribution is -2.47. The summed E-state index contributed by atoms with van der Waals surface area (Å²) in [6, 6.07) is 1.00. The molecule has 0 saturated carbocycles. The van der Waals surface area contributed by atoms with E-state index in [-0.39, 0.29) is 0 Å². The Labute approximate surface area is 130 Å². The summed E-state index contributed by atoms with van der Waals surface area (Å²) >= 11 is 1.73. The molecule has 3 heterocycles. The molecule has 21 heavy (non-hydrogen) atoms. The fraction of sp³-hybridized carbons (Fsp3) is 0.800. The van der Waals surface area contributed by atoms with E-state index in [4.69, 9.17) is 9.47 Å². The highest BCUT2D eigenvalue weighted by molar-refractivity contribution is 7.13. The smallest absolute Gasteiger partial charge is 0.185 e. The predicted octanol–water partition coefficient (Wildman–Crippen LogP) is 1.90. The first kappa shape index (κ1) is 15.2. The van der Waals surface area contributed by atoms with Gasteiger partial charge in [-0.1, -0.05) is 0 Å². The third kappa shape index (κ3) is 4.39. The highest BCUT2D eigenvalue weighted by Crippen LogP contribution is 2.22. The number of hydrogen-bond donors (Lipinski definition) is 1. The number of aromatic nitrogens is 1. The summed E-state index contributed by atoms with van der Waals surface area (Å²) in [6.07, 6.45) is 5.59. The summed E-state index contributed by atoms with van der Waals surface area (Å²) < 4.78 is 11.2. The number of nitrogens with one attached hydrogen (secondary N) is 1. The molecule has 2 fully saturated rings. The van der Waals surface area contributed by atoms with Crippen molar-refractivity contribution in [1.82, 2.24) is 10.3 Å². The second kappa shape index (κ2) is 7.54. The van der Waals surface area contributed by atoms with Gasteiger partial charge in [0.2, 0.25) is 0 Å². The van der Waals surface area contributed by atoms with Crippen molar-refractivity contribution >= 4 is 16.5 Å². The lowest BCUT2D eigenvalue weighted by Gasteiger charge is -2.33. The molecular weight excluding hydrogens is 286 g/mol. The van der Waals surface area contributed by atoms with Crippen molar-refractivity contribution < 1.29 is 9.47 Å². The number of ether oxygens (including phenoxy) is 2. The van der Waals surface area contributed by atoms with Gasteiger partial charge in [-0.05, 0) is 26.2 Å². The van der Waals surface area contributed by atoms with E-state index in [0.29, 0.717) is 18.2 Å². The molecule has 2 aliphatic rings. The predicted molar refractivity (Wildman–Crippen MR) is 85.1 cm³/mol. The molecule has 2 atom stereocenters. The van der Waals surface area contributed by atoms with Crippen molar-refractivity contribution in [3.05, 3.63) is 11.6 Å². The Morgan fingerprint density at radius 2 is 2.33 bits per heavy atom. The average Bonchev–Trinajstić information content (AvgIpc) is 3.19. The van der Waals surface area contributed by atoms with E-state index < -0.39 is 0 Å². The first-order valence-electron chi connectivity index (χ1n) is 7.91. The maximum atomic E-state index is 5.88. The SMILES string of the molecule is C[C@H](CO[C@@H]1CCOC1)NC1CCN(c2nccs2)CC1. The number of nitrogens with zero attached hydrogens (tertiary/aromatic N) is 2. The van der Waals surface area contributed by atoms with Crippen LogP contribution in [-0.2, 0) is 9.47 Å². The van der Waals surface area contributed by atoms with E-state index in [1.165, 1.54) is 12.8 Å². The highest BCUT2D eigenvalue weighted by atomic mass is 32.1. The molecule has 6 heteroatoms. The summed E-state index contributed by atoms with van der Waals surface area (Å²) in [7, 11) is 0. The number of thiazole rings is 1. The van der Waals surface area contributed by atoms with Gasteiger partial charge in [0.05, 0.1) is 19.3 Å². The topological polar surface area (TPSA) is 46.6 Å². The Bertz CT molecular complexity index is 401. The van der Waals surface area contributed by atoms with Crippen molar-refractivity contribution in [2.45, 2.75) is 44.4 Å². The first-order chi connectivity index (χ1) is 10.3. The fourth-order valence-corrected chi connectivity index (χ4v) is 3.68. The van der Waals surface area contributed by atoms with E-state index in [9.17, 15) is 0 Å². The van der Waals surface area contributed by atoms with Crippen LogP contribution in [0.5, 0.6) is 0 Å². The molecule has 1 aromatic heterocycles. The van der Waals surface area contributed by atoms with Crippen LogP contribution in [0.3, 0.4) is 0 Å². The van der Waals surface area contributed by atoms with Crippen LogP contribution in [0.4, 0.5) is 5.13 Å². The van der Waals surface area contributed by atoms with E-state index in [0.717, 1.165) is 44.5 Å². The largest absolute Gasteiger partial charge is 0.379 e. The van der Waals surface area contributed by atoms with Gasteiger partial charge in [-0.2, -0.15) is 0 Å².